The van der Waals surface area contributed by atoms with Crippen LogP contribution in [0.25, 0.3) is 0 Å². The van der Waals surface area contributed by atoms with Gasteiger partial charge in [0, 0.05) is 9.75 Å². The number of hydrogen-bond donors (Lipinski definition) is 1. The van der Waals surface area contributed by atoms with Crippen molar-refractivity contribution >= 4 is 23.1 Å². The van der Waals surface area contributed by atoms with Crippen LogP contribution in [0.4, 0.5) is 14.9 Å². The van der Waals surface area contributed by atoms with Gasteiger partial charge in [0.15, 0.2) is 0 Å². The minimum atomic E-state index is -1.09. The third-order valence-electron chi connectivity index (χ3n) is 2.73. The third kappa shape index (κ3) is 3.32. The van der Waals surface area contributed by atoms with E-state index < -0.39 is 11.9 Å². The Morgan fingerprint density at radius 1 is 1.32 bits per heavy atom. The molecular weight excluding hydrogens is 265 g/mol. The lowest BCUT2D eigenvalue weighted by molar-refractivity contribution is 0.201. The van der Waals surface area contributed by atoms with E-state index in [0.717, 1.165) is 16.2 Å². The molecule has 1 amide bonds. The first-order chi connectivity index (χ1) is 9.10. The van der Waals surface area contributed by atoms with E-state index in [4.69, 9.17) is 0 Å². The molecule has 5 heteroatoms. The number of thiophene rings is 1. The number of carbonyl (C=O) groups is 1. The quantitative estimate of drug-likeness (QED) is 0.914. The van der Waals surface area contributed by atoms with Crippen molar-refractivity contribution in [2.24, 2.45) is 0 Å². The highest BCUT2D eigenvalue weighted by Gasteiger charge is 2.16. The van der Waals surface area contributed by atoms with E-state index in [2.05, 4.69) is 6.92 Å². The van der Waals surface area contributed by atoms with Crippen LogP contribution in [0.5, 0.6) is 0 Å². The zero-order valence-electron chi connectivity index (χ0n) is 10.5. The molecule has 0 radical (unpaired) electrons. The highest BCUT2D eigenvalue weighted by Crippen LogP contribution is 2.23. The summed E-state index contributed by atoms with van der Waals surface area (Å²) in [6.45, 7) is 2.29. The summed E-state index contributed by atoms with van der Waals surface area (Å²) < 4.78 is 13.2. The summed E-state index contributed by atoms with van der Waals surface area (Å²) >= 11 is 1.58. The summed E-state index contributed by atoms with van der Waals surface area (Å²) in [7, 11) is 0. The van der Waals surface area contributed by atoms with E-state index in [1.807, 2.05) is 12.1 Å². The maximum atomic E-state index is 13.2. The Labute approximate surface area is 114 Å². The molecule has 0 aliphatic carbocycles. The van der Waals surface area contributed by atoms with Crippen LogP contribution in [-0.2, 0) is 13.0 Å². The SMILES string of the molecule is CCc1ccc(CN(C(=O)O)c2cccc(F)c2)s1. The fraction of sp³-hybridized carbons (Fsp3) is 0.214. The number of rotatable bonds is 4. The van der Waals surface area contributed by atoms with Gasteiger partial charge in [0.05, 0.1) is 12.2 Å². The molecule has 0 unspecified atom stereocenters. The summed E-state index contributed by atoms with van der Waals surface area (Å²) in [4.78, 5) is 14.6. The van der Waals surface area contributed by atoms with Gasteiger partial charge in [0.2, 0.25) is 0 Å². The van der Waals surface area contributed by atoms with Crippen molar-refractivity contribution in [2.75, 3.05) is 4.90 Å². The van der Waals surface area contributed by atoms with Crippen LogP contribution in [0, 0.1) is 5.82 Å². The summed E-state index contributed by atoms with van der Waals surface area (Å²) in [6, 6.07) is 9.52. The highest BCUT2D eigenvalue weighted by molar-refractivity contribution is 7.12. The second-order valence-corrected chi connectivity index (χ2v) is 5.32. The summed E-state index contributed by atoms with van der Waals surface area (Å²) in [6.07, 6.45) is -0.158. The number of nitrogens with zero attached hydrogens (tertiary/aromatic N) is 1. The molecule has 0 bridgehead atoms. The topological polar surface area (TPSA) is 40.5 Å². The minimum Gasteiger partial charge on any atom is -0.465 e. The lowest BCUT2D eigenvalue weighted by Crippen LogP contribution is -2.28. The van der Waals surface area contributed by atoms with Crippen LogP contribution in [0.3, 0.4) is 0 Å². The Morgan fingerprint density at radius 2 is 2.05 bits per heavy atom. The fourth-order valence-corrected chi connectivity index (χ4v) is 2.71. The van der Waals surface area contributed by atoms with Crippen molar-refractivity contribution in [1.29, 1.82) is 0 Å². The smallest absolute Gasteiger partial charge is 0.412 e. The van der Waals surface area contributed by atoms with Gasteiger partial charge in [0.1, 0.15) is 5.82 Å². The Balaban J connectivity index is 2.23. The molecule has 0 fully saturated rings. The van der Waals surface area contributed by atoms with Crippen molar-refractivity contribution in [1.82, 2.24) is 0 Å². The van der Waals surface area contributed by atoms with Crippen LogP contribution in [-0.4, -0.2) is 11.2 Å². The Morgan fingerprint density at radius 3 is 2.63 bits per heavy atom. The first-order valence-electron chi connectivity index (χ1n) is 5.93. The lowest BCUT2D eigenvalue weighted by atomic mass is 10.2. The van der Waals surface area contributed by atoms with Gasteiger partial charge in [-0.25, -0.2) is 9.18 Å². The average Bonchev–Trinajstić information content (AvgIpc) is 2.83. The summed E-state index contributed by atoms with van der Waals surface area (Å²) in [5.41, 5.74) is 0.346. The van der Waals surface area contributed by atoms with Crippen LogP contribution < -0.4 is 4.90 Å². The Kier molecular flexibility index (Phi) is 4.16. The van der Waals surface area contributed by atoms with Crippen molar-refractivity contribution in [2.45, 2.75) is 19.9 Å². The molecule has 1 aromatic carbocycles. The van der Waals surface area contributed by atoms with E-state index >= 15 is 0 Å². The standard InChI is InChI=1S/C14H14FNO2S/c1-2-12-6-7-13(19-12)9-16(14(17)18)11-5-3-4-10(15)8-11/h3-8H,2,9H2,1H3,(H,17,18). The molecule has 1 N–H and O–H groups in total. The first-order valence-corrected chi connectivity index (χ1v) is 6.75. The molecule has 100 valence electrons. The highest BCUT2D eigenvalue weighted by atomic mass is 32.1. The van der Waals surface area contributed by atoms with Gasteiger partial charge >= 0.3 is 6.09 Å². The second kappa shape index (κ2) is 5.84. The maximum Gasteiger partial charge on any atom is 0.412 e. The van der Waals surface area contributed by atoms with Gasteiger partial charge in [-0.05, 0) is 36.8 Å². The number of carboxylic acid groups (broad SMARTS) is 1. The van der Waals surface area contributed by atoms with Crippen molar-refractivity contribution in [3.8, 4) is 0 Å². The molecule has 0 saturated carbocycles. The summed E-state index contributed by atoms with van der Waals surface area (Å²) in [5, 5.41) is 9.25. The van der Waals surface area contributed by atoms with Gasteiger partial charge in [0.25, 0.3) is 0 Å². The number of hydrogen-bond acceptors (Lipinski definition) is 2. The van der Waals surface area contributed by atoms with Gasteiger partial charge < -0.3 is 5.11 Å². The molecule has 2 aromatic rings. The number of anilines is 1. The van der Waals surface area contributed by atoms with Gasteiger partial charge in [-0.3, -0.25) is 4.90 Å². The number of aryl methyl sites for hydroxylation is 1. The predicted molar refractivity (Wildman–Crippen MR) is 74.3 cm³/mol. The fourth-order valence-electron chi connectivity index (χ4n) is 1.77. The molecule has 3 nitrogen and oxygen atoms in total. The molecule has 1 aromatic heterocycles. The molecule has 0 aliphatic rings. The Bertz CT molecular complexity index is 582. The van der Waals surface area contributed by atoms with Gasteiger partial charge in [-0.2, -0.15) is 0 Å². The third-order valence-corrected chi connectivity index (χ3v) is 3.94. The van der Waals surface area contributed by atoms with Gasteiger partial charge in [-0.15, -0.1) is 11.3 Å². The van der Waals surface area contributed by atoms with E-state index in [-0.39, 0.29) is 6.54 Å². The molecule has 0 spiro atoms. The molecule has 19 heavy (non-hydrogen) atoms. The predicted octanol–water partition coefficient (Wildman–Crippen LogP) is 4.13. The van der Waals surface area contributed by atoms with Crippen LogP contribution in [0.1, 0.15) is 16.7 Å². The molecule has 1 heterocycles. The molecule has 0 saturated heterocycles. The number of halogens is 1. The molecule has 2 rings (SSSR count). The van der Waals surface area contributed by atoms with Crippen molar-refractivity contribution < 1.29 is 14.3 Å². The average molecular weight is 279 g/mol. The van der Waals surface area contributed by atoms with Crippen molar-refractivity contribution in [3.63, 3.8) is 0 Å². The number of benzene rings is 1. The number of amides is 1. The van der Waals surface area contributed by atoms with E-state index in [0.29, 0.717) is 5.69 Å². The molecule has 0 atom stereocenters. The monoisotopic (exact) mass is 279 g/mol. The van der Waals surface area contributed by atoms with Crippen LogP contribution in [0.2, 0.25) is 0 Å². The zero-order chi connectivity index (χ0) is 13.8. The molecular formula is C14H14FNO2S. The van der Waals surface area contributed by atoms with Crippen LogP contribution in [0.15, 0.2) is 36.4 Å². The first kappa shape index (κ1) is 13.5. The van der Waals surface area contributed by atoms with Crippen LogP contribution >= 0.6 is 11.3 Å². The zero-order valence-corrected chi connectivity index (χ0v) is 11.3. The Hall–Kier alpha value is -1.88. The van der Waals surface area contributed by atoms with E-state index in [1.165, 1.54) is 23.1 Å². The van der Waals surface area contributed by atoms with E-state index in [1.54, 1.807) is 17.4 Å². The summed E-state index contributed by atoms with van der Waals surface area (Å²) in [5.74, 6) is -0.441. The second-order valence-electron chi connectivity index (χ2n) is 4.07. The lowest BCUT2D eigenvalue weighted by Gasteiger charge is -2.18. The maximum absolute atomic E-state index is 13.2. The van der Waals surface area contributed by atoms with Gasteiger partial charge in [-0.1, -0.05) is 13.0 Å². The largest absolute Gasteiger partial charge is 0.465 e. The normalized spacial score (nSPS) is 10.4. The molecule has 0 aliphatic heterocycles. The van der Waals surface area contributed by atoms with E-state index in [9.17, 15) is 14.3 Å². The van der Waals surface area contributed by atoms with Crippen molar-refractivity contribution in [3.05, 3.63) is 52.0 Å². The minimum absolute atomic E-state index is 0.240.